The van der Waals surface area contributed by atoms with Gasteiger partial charge in [0.25, 0.3) is 5.91 Å². The zero-order valence-corrected chi connectivity index (χ0v) is 12.6. The first-order valence-electron chi connectivity index (χ1n) is 7.66. The number of amides is 1. The first-order chi connectivity index (χ1) is 9.72. The summed E-state index contributed by atoms with van der Waals surface area (Å²) >= 11 is 1.67. The van der Waals surface area contributed by atoms with Gasteiger partial charge in [0.1, 0.15) is 5.78 Å². The summed E-state index contributed by atoms with van der Waals surface area (Å²) < 4.78 is 0. The molecule has 0 aromatic carbocycles. The molecular formula is C16H21NO2S. The van der Waals surface area contributed by atoms with Gasteiger partial charge in [0, 0.05) is 23.8 Å². The molecule has 0 aliphatic heterocycles. The molecule has 4 heteroatoms. The predicted molar refractivity (Wildman–Crippen MR) is 80.3 cm³/mol. The second-order valence-corrected chi connectivity index (χ2v) is 7.04. The Kier molecular flexibility index (Phi) is 4.20. The molecule has 2 aliphatic carbocycles. The Hall–Kier alpha value is -1.16. The van der Waals surface area contributed by atoms with E-state index in [1.807, 2.05) is 0 Å². The Balaban J connectivity index is 1.64. The lowest BCUT2D eigenvalue weighted by molar-refractivity contribution is -0.120. The quantitative estimate of drug-likeness (QED) is 0.850. The molecule has 20 heavy (non-hydrogen) atoms. The summed E-state index contributed by atoms with van der Waals surface area (Å²) in [5.41, 5.74) is 1.39. The number of carbonyl (C=O) groups is 2. The van der Waals surface area contributed by atoms with E-state index in [0.29, 0.717) is 18.6 Å². The average Bonchev–Trinajstić information content (AvgIpc) is 2.73. The number of hydrogen-bond acceptors (Lipinski definition) is 3. The fourth-order valence-corrected chi connectivity index (χ4v) is 4.28. The number of carbonyl (C=O) groups excluding carboxylic acids is 2. The topological polar surface area (TPSA) is 46.2 Å². The molecule has 108 valence electrons. The van der Waals surface area contributed by atoms with Gasteiger partial charge < -0.3 is 5.32 Å². The lowest BCUT2D eigenvalue weighted by Gasteiger charge is -2.21. The number of thiophene rings is 1. The van der Waals surface area contributed by atoms with Crippen molar-refractivity contribution in [3.05, 3.63) is 21.4 Å². The maximum Gasteiger partial charge on any atom is 0.261 e. The fourth-order valence-electron chi connectivity index (χ4n) is 3.12. The van der Waals surface area contributed by atoms with E-state index in [1.54, 1.807) is 11.3 Å². The van der Waals surface area contributed by atoms with Crippen LogP contribution in [-0.2, 0) is 17.6 Å². The highest BCUT2D eigenvalue weighted by Crippen LogP contribution is 2.29. The van der Waals surface area contributed by atoms with Crippen molar-refractivity contribution in [1.82, 2.24) is 5.32 Å². The van der Waals surface area contributed by atoms with Crippen LogP contribution in [0.3, 0.4) is 0 Å². The van der Waals surface area contributed by atoms with Gasteiger partial charge in [0.15, 0.2) is 0 Å². The number of rotatable bonds is 2. The van der Waals surface area contributed by atoms with E-state index in [2.05, 4.69) is 11.4 Å². The Morgan fingerprint density at radius 2 is 1.85 bits per heavy atom. The lowest BCUT2D eigenvalue weighted by Crippen LogP contribution is -2.37. The number of nitrogens with one attached hydrogen (secondary N) is 1. The molecule has 1 heterocycles. The Bertz CT molecular complexity index is 487. The molecule has 0 atom stereocenters. The normalized spacial score (nSPS) is 20.3. The summed E-state index contributed by atoms with van der Waals surface area (Å²) in [6.07, 6.45) is 8.89. The number of Topliss-reactive ketones (excluding diaryl/α,β-unsaturated/α-hetero) is 1. The summed E-state index contributed by atoms with van der Waals surface area (Å²) in [7, 11) is 0. The van der Waals surface area contributed by atoms with Crippen LogP contribution in [-0.4, -0.2) is 17.7 Å². The van der Waals surface area contributed by atoms with E-state index >= 15 is 0 Å². The summed E-state index contributed by atoms with van der Waals surface area (Å²) in [6, 6.07) is 2.27. The van der Waals surface area contributed by atoms with Crippen molar-refractivity contribution in [2.24, 2.45) is 0 Å². The van der Waals surface area contributed by atoms with Crippen LogP contribution in [0.25, 0.3) is 0 Å². The van der Waals surface area contributed by atoms with Crippen LogP contribution in [0.2, 0.25) is 0 Å². The van der Waals surface area contributed by atoms with Gasteiger partial charge in [-0.15, -0.1) is 11.3 Å². The number of ketones is 1. The first kappa shape index (κ1) is 13.8. The van der Waals surface area contributed by atoms with Crippen LogP contribution in [0, 0.1) is 0 Å². The molecule has 2 aliphatic rings. The van der Waals surface area contributed by atoms with Crippen LogP contribution < -0.4 is 5.32 Å². The third kappa shape index (κ3) is 3.11. The first-order valence-corrected chi connectivity index (χ1v) is 8.48. The molecule has 3 nitrogen and oxygen atoms in total. The van der Waals surface area contributed by atoms with Gasteiger partial charge >= 0.3 is 0 Å². The van der Waals surface area contributed by atoms with Crippen molar-refractivity contribution in [3.63, 3.8) is 0 Å². The van der Waals surface area contributed by atoms with Crippen molar-refractivity contribution >= 4 is 23.0 Å². The molecule has 0 saturated heterocycles. The van der Waals surface area contributed by atoms with Gasteiger partial charge in [-0.3, -0.25) is 9.59 Å². The van der Waals surface area contributed by atoms with E-state index in [-0.39, 0.29) is 11.9 Å². The van der Waals surface area contributed by atoms with Crippen LogP contribution in [0.4, 0.5) is 0 Å². The maximum absolute atomic E-state index is 12.3. The van der Waals surface area contributed by atoms with Gasteiger partial charge in [-0.25, -0.2) is 0 Å². The minimum absolute atomic E-state index is 0.0578. The van der Waals surface area contributed by atoms with Crippen molar-refractivity contribution in [2.45, 2.75) is 63.8 Å². The average molecular weight is 291 g/mol. The molecule has 1 aromatic rings. The molecule has 0 radical (unpaired) electrons. The maximum atomic E-state index is 12.3. The van der Waals surface area contributed by atoms with Crippen LogP contribution in [0.15, 0.2) is 6.07 Å². The lowest BCUT2D eigenvalue weighted by atomic mass is 9.94. The molecule has 0 bridgehead atoms. The third-order valence-electron chi connectivity index (χ3n) is 4.35. The van der Waals surface area contributed by atoms with E-state index in [0.717, 1.165) is 30.6 Å². The van der Waals surface area contributed by atoms with Gasteiger partial charge in [-0.2, -0.15) is 0 Å². The molecule has 1 amide bonds. The molecule has 1 N–H and O–H groups in total. The molecule has 0 unspecified atom stereocenters. The SMILES string of the molecule is O=C1CCC(NC(=O)c2cc3c(s2)CCCCC3)CC1. The highest BCUT2D eigenvalue weighted by molar-refractivity contribution is 7.14. The van der Waals surface area contributed by atoms with E-state index in [9.17, 15) is 9.59 Å². The van der Waals surface area contributed by atoms with Crippen LogP contribution in [0.5, 0.6) is 0 Å². The highest BCUT2D eigenvalue weighted by atomic mass is 32.1. The molecular weight excluding hydrogens is 270 g/mol. The smallest absolute Gasteiger partial charge is 0.261 e. The minimum atomic E-state index is 0.0578. The standard InChI is InChI=1S/C16H21NO2S/c18-13-8-6-12(7-9-13)17-16(19)15-10-11-4-2-1-3-5-14(11)20-15/h10,12H,1-9H2,(H,17,19). The third-order valence-corrected chi connectivity index (χ3v) is 5.58. The molecule has 1 aromatic heterocycles. The fraction of sp³-hybridized carbons (Fsp3) is 0.625. The molecule has 3 rings (SSSR count). The number of aryl methyl sites for hydroxylation is 2. The Morgan fingerprint density at radius 3 is 2.65 bits per heavy atom. The van der Waals surface area contributed by atoms with Gasteiger partial charge in [-0.1, -0.05) is 6.42 Å². The number of hydrogen-bond donors (Lipinski definition) is 1. The Labute approximate surface area is 123 Å². The van der Waals surface area contributed by atoms with Gasteiger partial charge in [-0.05, 0) is 50.2 Å². The zero-order valence-electron chi connectivity index (χ0n) is 11.7. The largest absolute Gasteiger partial charge is 0.349 e. The predicted octanol–water partition coefficient (Wildman–Crippen LogP) is 3.26. The summed E-state index contributed by atoms with van der Waals surface area (Å²) in [5, 5.41) is 3.10. The Morgan fingerprint density at radius 1 is 1.10 bits per heavy atom. The highest BCUT2D eigenvalue weighted by Gasteiger charge is 2.22. The van der Waals surface area contributed by atoms with Gasteiger partial charge in [0.05, 0.1) is 4.88 Å². The van der Waals surface area contributed by atoms with Crippen molar-refractivity contribution in [1.29, 1.82) is 0 Å². The van der Waals surface area contributed by atoms with Crippen molar-refractivity contribution in [3.8, 4) is 0 Å². The van der Waals surface area contributed by atoms with E-state index < -0.39 is 0 Å². The molecule has 1 fully saturated rings. The summed E-state index contributed by atoms with van der Waals surface area (Å²) in [4.78, 5) is 25.8. The van der Waals surface area contributed by atoms with Crippen LogP contribution >= 0.6 is 11.3 Å². The van der Waals surface area contributed by atoms with E-state index in [1.165, 1.54) is 29.7 Å². The van der Waals surface area contributed by atoms with Gasteiger partial charge in [0.2, 0.25) is 0 Å². The summed E-state index contributed by atoms with van der Waals surface area (Å²) in [6.45, 7) is 0. The zero-order chi connectivity index (χ0) is 13.9. The minimum Gasteiger partial charge on any atom is -0.349 e. The van der Waals surface area contributed by atoms with E-state index in [4.69, 9.17) is 0 Å². The number of fused-ring (bicyclic) bond motifs is 1. The second-order valence-electron chi connectivity index (χ2n) is 5.91. The molecule has 0 spiro atoms. The monoisotopic (exact) mass is 291 g/mol. The van der Waals surface area contributed by atoms with Crippen molar-refractivity contribution < 1.29 is 9.59 Å². The second kappa shape index (κ2) is 6.08. The van der Waals surface area contributed by atoms with Crippen molar-refractivity contribution in [2.75, 3.05) is 0 Å². The summed E-state index contributed by atoms with van der Waals surface area (Å²) in [5.74, 6) is 0.390. The molecule has 1 saturated carbocycles. The van der Waals surface area contributed by atoms with Crippen LogP contribution in [0.1, 0.15) is 65.1 Å².